The van der Waals surface area contributed by atoms with Gasteiger partial charge in [-0.3, -0.25) is 4.68 Å². The van der Waals surface area contributed by atoms with Crippen LogP contribution in [0, 0.1) is 5.92 Å². The zero-order chi connectivity index (χ0) is 10.3. The molecular formula is C10H14BrN3. The lowest BCUT2D eigenvalue weighted by Crippen LogP contribution is -2.34. The molecule has 1 aromatic heterocycles. The largest absolute Gasteiger partial charge is 0.382 e. The molecule has 0 spiro atoms. The number of anilines is 1. The van der Waals surface area contributed by atoms with Gasteiger partial charge in [0.2, 0.25) is 0 Å². The van der Waals surface area contributed by atoms with Gasteiger partial charge in [-0.05, 0) is 19.3 Å². The molecule has 14 heavy (non-hydrogen) atoms. The number of nitrogen functional groups attached to an aromatic ring is 1. The Labute approximate surface area is 91.4 Å². The number of nitrogens with two attached hydrogens (primary N) is 1. The zero-order valence-electron chi connectivity index (χ0n) is 8.42. The molecule has 3 nitrogen and oxygen atoms in total. The molecule has 4 heteroatoms. The minimum atomic E-state index is 0.536. The van der Waals surface area contributed by atoms with Gasteiger partial charge in [0.25, 0.3) is 0 Å². The molecule has 1 atom stereocenters. The summed E-state index contributed by atoms with van der Waals surface area (Å²) in [6, 6.07) is 0. The standard InChI is InChI=1S/C10H14BrN3/c1-3-14-9-7(10(12)13-14)4-6(2)5-8(9)11/h4,6H,3,5H2,1-2H3,(H2,12,13). The summed E-state index contributed by atoms with van der Waals surface area (Å²) in [6.45, 7) is 5.12. The second-order valence-electron chi connectivity index (χ2n) is 3.72. The van der Waals surface area contributed by atoms with Crippen molar-refractivity contribution in [3.8, 4) is 0 Å². The van der Waals surface area contributed by atoms with Crippen molar-refractivity contribution in [3.05, 3.63) is 10.6 Å². The first-order valence-corrected chi connectivity index (χ1v) is 5.65. The van der Waals surface area contributed by atoms with Crippen molar-refractivity contribution in [2.45, 2.75) is 26.8 Å². The Balaban J connectivity index is 2.84. The minimum Gasteiger partial charge on any atom is -0.382 e. The molecule has 1 unspecified atom stereocenters. The van der Waals surface area contributed by atoms with Crippen molar-refractivity contribution in [1.29, 1.82) is 0 Å². The molecule has 1 aliphatic carbocycles. The number of aryl methyl sites for hydroxylation is 1. The van der Waals surface area contributed by atoms with Crippen molar-refractivity contribution in [3.63, 3.8) is 0 Å². The van der Waals surface area contributed by atoms with E-state index in [4.69, 9.17) is 5.73 Å². The van der Waals surface area contributed by atoms with Crippen LogP contribution in [-0.2, 0) is 6.54 Å². The second-order valence-corrected chi connectivity index (χ2v) is 4.67. The Morgan fingerprint density at radius 3 is 3.07 bits per heavy atom. The van der Waals surface area contributed by atoms with E-state index in [1.54, 1.807) is 0 Å². The Bertz CT molecular complexity index is 472. The summed E-state index contributed by atoms with van der Waals surface area (Å²) in [4.78, 5) is 0. The van der Waals surface area contributed by atoms with E-state index >= 15 is 0 Å². The van der Waals surface area contributed by atoms with Gasteiger partial charge in [0.15, 0.2) is 5.82 Å². The average Bonchev–Trinajstić information content (AvgIpc) is 2.43. The molecule has 2 N–H and O–H groups in total. The van der Waals surface area contributed by atoms with E-state index in [9.17, 15) is 0 Å². The summed E-state index contributed by atoms with van der Waals surface area (Å²) < 4.78 is 3.17. The molecule has 1 aliphatic rings. The topological polar surface area (TPSA) is 43.8 Å². The summed E-state index contributed by atoms with van der Waals surface area (Å²) in [6.07, 6.45) is 3.24. The number of fused-ring (bicyclic) bond motifs is 1. The van der Waals surface area contributed by atoms with Crippen LogP contribution in [0.5, 0.6) is 0 Å². The zero-order valence-corrected chi connectivity index (χ0v) is 10.0. The highest BCUT2D eigenvalue weighted by Crippen LogP contribution is 2.20. The van der Waals surface area contributed by atoms with Crippen LogP contribution < -0.4 is 16.3 Å². The number of nitrogens with zero attached hydrogens (tertiary/aromatic N) is 2. The highest BCUT2D eigenvalue weighted by Gasteiger charge is 2.14. The molecule has 0 amide bonds. The molecule has 0 radical (unpaired) electrons. The predicted octanol–water partition coefficient (Wildman–Crippen LogP) is 0.809. The SMILES string of the molecule is CCn1nc(N)c2c1=C(Br)CC(C)C=2. The van der Waals surface area contributed by atoms with Crippen molar-refractivity contribution in [2.75, 3.05) is 5.73 Å². The number of aromatic nitrogens is 2. The lowest BCUT2D eigenvalue weighted by atomic mass is 10.0. The smallest absolute Gasteiger partial charge is 0.153 e. The van der Waals surface area contributed by atoms with E-state index < -0.39 is 0 Å². The molecule has 2 rings (SSSR count). The maximum atomic E-state index is 5.86. The van der Waals surface area contributed by atoms with Crippen LogP contribution in [0.25, 0.3) is 10.6 Å². The summed E-state index contributed by atoms with van der Waals surface area (Å²) in [7, 11) is 0. The summed E-state index contributed by atoms with van der Waals surface area (Å²) >= 11 is 3.61. The van der Waals surface area contributed by atoms with Gasteiger partial charge in [0, 0.05) is 16.2 Å². The molecule has 0 fully saturated rings. The molecule has 76 valence electrons. The van der Waals surface area contributed by atoms with Gasteiger partial charge in [-0.15, -0.1) is 0 Å². The molecule has 0 aliphatic heterocycles. The second kappa shape index (κ2) is 3.42. The van der Waals surface area contributed by atoms with Gasteiger partial charge >= 0.3 is 0 Å². The molecule has 0 bridgehead atoms. The van der Waals surface area contributed by atoms with Crippen LogP contribution in [0.4, 0.5) is 5.82 Å². The molecule has 1 aromatic rings. The summed E-state index contributed by atoms with van der Waals surface area (Å²) in [5, 5.41) is 6.56. The lowest BCUT2D eigenvalue weighted by Gasteiger charge is -2.10. The van der Waals surface area contributed by atoms with Crippen LogP contribution in [0.15, 0.2) is 0 Å². The molecular weight excluding hydrogens is 242 g/mol. The maximum absolute atomic E-state index is 5.86. The van der Waals surface area contributed by atoms with E-state index in [-0.39, 0.29) is 0 Å². The summed E-state index contributed by atoms with van der Waals surface area (Å²) in [5.74, 6) is 1.18. The number of halogens is 1. The first kappa shape index (κ1) is 9.77. The molecule has 0 saturated heterocycles. The van der Waals surface area contributed by atoms with Gasteiger partial charge in [0.1, 0.15) is 0 Å². The molecule has 0 saturated carbocycles. The van der Waals surface area contributed by atoms with Crippen molar-refractivity contribution >= 4 is 32.3 Å². The fourth-order valence-corrected chi connectivity index (χ4v) is 2.83. The Morgan fingerprint density at radius 2 is 2.43 bits per heavy atom. The van der Waals surface area contributed by atoms with Crippen LogP contribution >= 0.6 is 15.9 Å². The molecule has 1 heterocycles. The van der Waals surface area contributed by atoms with E-state index in [1.807, 2.05) is 4.68 Å². The number of rotatable bonds is 1. The number of hydrogen-bond donors (Lipinski definition) is 1. The lowest BCUT2D eigenvalue weighted by molar-refractivity contribution is 0.637. The van der Waals surface area contributed by atoms with Crippen molar-refractivity contribution in [1.82, 2.24) is 9.78 Å². The highest BCUT2D eigenvalue weighted by molar-refractivity contribution is 9.14. The minimum absolute atomic E-state index is 0.536. The van der Waals surface area contributed by atoms with E-state index in [0.29, 0.717) is 11.7 Å². The normalized spacial score (nSPS) is 20.5. The fraction of sp³-hybridized carbons (Fsp3) is 0.500. The van der Waals surface area contributed by atoms with Crippen LogP contribution in [0.2, 0.25) is 0 Å². The highest BCUT2D eigenvalue weighted by atomic mass is 79.9. The van der Waals surface area contributed by atoms with E-state index in [0.717, 1.165) is 23.5 Å². The first-order chi connectivity index (χ1) is 6.63. The first-order valence-electron chi connectivity index (χ1n) is 4.86. The van der Waals surface area contributed by atoms with Crippen LogP contribution in [-0.4, -0.2) is 9.78 Å². The van der Waals surface area contributed by atoms with Crippen molar-refractivity contribution < 1.29 is 0 Å². The van der Waals surface area contributed by atoms with E-state index in [2.05, 4.69) is 41.0 Å². The summed E-state index contributed by atoms with van der Waals surface area (Å²) in [5.41, 5.74) is 5.86. The van der Waals surface area contributed by atoms with Crippen LogP contribution in [0.1, 0.15) is 20.3 Å². The van der Waals surface area contributed by atoms with E-state index in [1.165, 1.54) is 4.48 Å². The van der Waals surface area contributed by atoms with Gasteiger partial charge in [-0.1, -0.05) is 28.9 Å². The van der Waals surface area contributed by atoms with Gasteiger partial charge < -0.3 is 5.73 Å². The van der Waals surface area contributed by atoms with Gasteiger partial charge in [-0.25, -0.2) is 0 Å². The quantitative estimate of drug-likeness (QED) is 0.808. The van der Waals surface area contributed by atoms with Gasteiger partial charge in [0.05, 0.1) is 5.35 Å². The monoisotopic (exact) mass is 255 g/mol. The number of hydrogen-bond acceptors (Lipinski definition) is 2. The van der Waals surface area contributed by atoms with Crippen molar-refractivity contribution in [2.24, 2.45) is 5.92 Å². The predicted molar refractivity (Wildman–Crippen MR) is 62.1 cm³/mol. The third kappa shape index (κ3) is 1.38. The van der Waals surface area contributed by atoms with Crippen LogP contribution in [0.3, 0.4) is 0 Å². The molecule has 0 aromatic carbocycles. The Morgan fingerprint density at radius 1 is 1.71 bits per heavy atom. The fourth-order valence-electron chi connectivity index (χ4n) is 1.90. The average molecular weight is 256 g/mol. The maximum Gasteiger partial charge on any atom is 0.153 e. The Hall–Kier alpha value is -0.770. The Kier molecular flexibility index (Phi) is 2.39. The van der Waals surface area contributed by atoms with Gasteiger partial charge in [-0.2, -0.15) is 5.10 Å². The third-order valence-electron chi connectivity index (χ3n) is 2.53. The third-order valence-corrected chi connectivity index (χ3v) is 3.23.